The first-order valence-electron chi connectivity index (χ1n) is 9.85. The van der Waals surface area contributed by atoms with Crippen LogP contribution in [0.1, 0.15) is 35.3 Å². The number of ether oxygens (including phenoxy) is 1. The van der Waals surface area contributed by atoms with Gasteiger partial charge in [-0.2, -0.15) is 0 Å². The predicted molar refractivity (Wildman–Crippen MR) is 124 cm³/mol. The number of aromatic nitrogens is 1. The number of hydrogen-bond acceptors (Lipinski definition) is 5. The zero-order valence-electron chi connectivity index (χ0n) is 17.1. The van der Waals surface area contributed by atoms with Gasteiger partial charge < -0.3 is 4.74 Å². The van der Waals surface area contributed by atoms with E-state index in [9.17, 15) is 4.79 Å². The van der Waals surface area contributed by atoms with E-state index in [1.807, 2.05) is 18.2 Å². The number of esters is 1. The van der Waals surface area contributed by atoms with Gasteiger partial charge in [0.25, 0.3) is 0 Å². The van der Waals surface area contributed by atoms with Gasteiger partial charge in [-0.15, -0.1) is 0 Å². The Bertz CT molecular complexity index is 1000. The summed E-state index contributed by atoms with van der Waals surface area (Å²) >= 11 is 3.46. The summed E-state index contributed by atoms with van der Waals surface area (Å²) in [5.74, 6) is -0.0119. The first-order chi connectivity index (χ1) is 14.6. The molecule has 0 amide bonds. The number of aliphatic imine (C=N–C) groups is 1. The van der Waals surface area contributed by atoms with Gasteiger partial charge in [0.2, 0.25) is 0 Å². The molecule has 0 N–H and O–H groups in total. The number of nitrogens with zero attached hydrogens (tertiary/aromatic N) is 3. The third-order valence-electron chi connectivity index (χ3n) is 4.60. The molecular formula is C24H24BrN3O2. The molecule has 0 saturated carbocycles. The van der Waals surface area contributed by atoms with Gasteiger partial charge in [-0.05, 0) is 66.7 Å². The Morgan fingerprint density at radius 2 is 1.90 bits per heavy atom. The Morgan fingerprint density at radius 1 is 1.13 bits per heavy atom. The monoisotopic (exact) mass is 465 g/mol. The van der Waals surface area contributed by atoms with Gasteiger partial charge in [0.05, 0.1) is 11.3 Å². The van der Waals surface area contributed by atoms with Gasteiger partial charge in [0, 0.05) is 29.6 Å². The highest BCUT2D eigenvalue weighted by Crippen LogP contribution is 2.22. The summed E-state index contributed by atoms with van der Waals surface area (Å²) in [6.45, 7) is 7.35. The molecule has 30 heavy (non-hydrogen) atoms. The Labute approximate surface area is 185 Å². The van der Waals surface area contributed by atoms with Gasteiger partial charge in [-0.25, -0.2) is 4.79 Å². The van der Waals surface area contributed by atoms with Crippen LogP contribution in [0.25, 0.3) is 0 Å². The first kappa shape index (κ1) is 21.9. The number of pyridine rings is 1. The maximum atomic E-state index is 12.3. The van der Waals surface area contributed by atoms with Crippen molar-refractivity contribution in [3.63, 3.8) is 0 Å². The summed E-state index contributed by atoms with van der Waals surface area (Å²) in [6, 6.07) is 17.0. The second kappa shape index (κ2) is 10.8. The lowest BCUT2D eigenvalue weighted by Gasteiger charge is -2.17. The number of rotatable bonds is 8. The molecule has 154 valence electrons. The van der Waals surface area contributed by atoms with Crippen LogP contribution in [-0.2, 0) is 6.54 Å². The van der Waals surface area contributed by atoms with Crippen LogP contribution in [0.3, 0.4) is 0 Å². The number of hydrogen-bond donors (Lipinski definition) is 0. The standard InChI is InChI=1S/C24H24BrN3O2/c1-3-28(4-2)17-18-7-9-22(10-8-18)27-15-19-12-21(25)14-23(13-19)30-24(29)20-6-5-11-26-16-20/h5-16H,3-4,17H2,1-2H3. The molecule has 2 aromatic carbocycles. The van der Waals surface area contributed by atoms with E-state index in [1.165, 1.54) is 11.8 Å². The number of carbonyl (C=O) groups is 1. The van der Waals surface area contributed by atoms with Crippen LogP contribution in [-0.4, -0.2) is 35.2 Å². The van der Waals surface area contributed by atoms with E-state index in [-0.39, 0.29) is 0 Å². The molecule has 3 aromatic rings. The predicted octanol–water partition coefficient (Wildman–Crippen LogP) is 5.66. The fraction of sp³-hybridized carbons (Fsp3) is 0.208. The number of halogens is 1. The molecule has 0 saturated heterocycles. The quantitative estimate of drug-likeness (QED) is 0.244. The van der Waals surface area contributed by atoms with Crippen molar-refractivity contribution >= 4 is 33.8 Å². The minimum Gasteiger partial charge on any atom is -0.423 e. The van der Waals surface area contributed by atoms with E-state index in [1.54, 1.807) is 36.7 Å². The normalized spacial score (nSPS) is 11.2. The molecule has 0 aliphatic carbocycles. The van der Waals surface area contributed by atoms with Crippen LogP contribution in [0.2, 0.25) is 0 Å². The SMILES string of the molecule is CCN(CC)Cc1ccc(N=Cc2cc(Br)cc(OC(=O)c3cccnc3)c2)cc1. The Morgan fingerprint density at radius 3 is 2.57 bits per heavy atom. The second-order valence-corrected chi connectivity index (χ2v) is 7.65. The highest BCUT2D eigenvalue weighted by molar-refractivity contribution is 9.10. The molecule has 0 bridgehead atoms. The summed E-state index contributed by atoms with van der Waals surface area (Å²) in [4.78, 5) is 23.1. The molecule has 5 nitrogen and oxygen atoms in total. The molecular weight excluding hydrogens is 442 g/mol. The molecule has 0 aliphatic rings. The molecule has 0 unspecified atom stereocenters. The van der Waals surface area contributed by atoms with E-state index < -0.39 is 5.97 Å². The summed E-state index contributed by atoms with van der Waals surface area (Å²) < 4.78 is 6.27. The number of benzene rings is 2. The summed E-state index contributed by atoms with van der Waals surface area (Å²) in [5.41, 5.74) is 3.36. The lowest BCUT2D eigenvalue weighted by Crippen LogP contribution is -2.21. The number of carbonyl (C=O) groups excluding carboxylic acids is 1. The van der Waals surface area contributed by atoms with E-state index in [4.69, 9.17) is 4.74 Å². The Kier molecular flexibility index (Phi) is 7.88. The molecule has 0 radical (unpaired) electrons. The van der Waals surface area contributed by atoms with Gasteiger partial charge in [0.1, 0.15) is 5.75 Å². The van der Waals surface area contributed by atoms with Crippen LogP contribution < -0.4 is 4.74 Å². The molecule has 1 aromatic heterocycles. The molecule has 3 rings (SSSR count). The van der Waals surface area contributed by atoms with E-state index in [2.05, 4.69) is 56.8 Å². The molecule has 0 fully saturated rings. The van der Waals surface area contributed by atoms with Gasteiger partial charge in [-0.1, -0.05) is 41.9 Å². The lowest BCUT2D eigenvalue weighted by atomic mass is 10.2. The van der Waals surface area contributed by atoms with E-state index >= 15 is 0 Å². The zero-order valence-corrected chi connectivity index (χ0v) is 18.7. The smallest absolute Gasteiger partial charge is 0.345 e. The van der Waals surface area contributed by atoms with Crippen LogP contribution in [0.5, 0.6) is 5.75 Å². The van der Waals surface area contributed by atoms with Crippen molar-refractivity contribution in [2.75, 3.05) is 13.1 Å². The highest BCUT2D eigenvalue weighted by Gasteiger charge is 2.09. The van der Waals surface area contributed by atoms with Crippen molar-refractivity contribution < 1.29 is 9.53 Å². The molecule has 0 atom stereocenters. The summed E-state index contributed by atoms with van der Waals surface area (Å²) in [6.07, 6.45) is 4.85. The van der Waals surface area contributed by atoms with Crippen LogP contribution in [0.4, 0.5) is 5.69 Å². The lowest BCUT2D eigenvalue weighted by molar-refractivity contribution is 0.0734. The van der Waals surface area contributed by atoms with Crippen molar-refractivity contribution in [3.8, 4) is 5.75 Å². The Hall–Kier alpha value is -2.83. The third-order valence-corrected chi connectivity index (χ3v) is 5.06. The average Bonchev–Trinajstić information content (AvgIpc) is 2.77. The first-order valence-corrected chi connectivity index (χ1v) is 10.6. The Balaban J connectivity index is 1.69. The van der Waals surface area contributed by atoms with Gasteiger partial charge >= 0.3 is 5.97 Å². The van der Waals surface area contributed by atoms with E-state index in [0.29, 0.717) is 11.3 Å². The van der Waals surface area contributed by atoms with Gasteiger partial charge in [-0.3, -0.25) is 14.9 Å². The fourth-order valence-corrected chi connectivity index (χ4v) is 3.40. The topological polar surface area (TPSA) is 54.8 Å². The maximum absolute atomic E-state index is 12.3. The molecule has 6 heteroatoms. The highest BCUT2D eigenvalue weighted by atomic mass is 79.9. The molecule has 0 aliphatic heterocycles. The summed E-state index contributed by atoms with van der Waals surface area (Å²) in [7, 11) is 0. The van der Waals surface area contributed by atoms with Crippen LogP contribution in [0, 0.1) is 0 Å². The minimum atomic E-state index is -0.451. The zero-order chi connectivity index (χ0) is 21.3. The third kappa shape index (κ3) is 6.34. The minimum absolute atomic E-state index is 0.400. The van der Waals surface area contributed by atoms with E-state index in [0.717, 1.165) is 35.4 Å². The summed E-state index contributed by atoms with van der Waals surface area (Å²) in [5, 5.41) is 0. The van der Waals surface area contributed by atoms with Crippen molar-refractivity contribution in [1.82, 2.24) is 9.88 Å². The molecule has 1 heterocycles. The van der Waals surface area contributed by atoms with Crippen LogP contribution >= 0.6 is 15.9 Å². The van der Waals surface area contributed by atoms with Crippen molar-refractivity contribution in [1.29, 1.82) is 0 Å². The van der Waals surface area contributed by atoms with Gasteiger partial charge in [0.15, 0.2) is 0 Å². The molecule has 0 spiro atoms. The van der Waals surface area contributed by atoms with Crippen LogP contribution in [0.15, 0.2) is 76.5 Å². The fourth-order valence-electron chi connectivity index (χ4n) is 2.91. The average molecular weight is 466 g/mol. The largest absolute Gasteiger partial charge is 0.423 e. The van der Waals surface area contributed by atoms with Crippen molar-refractivity contribution in [2.24, 2.45) is 4.99 Å². The van der Waals surface area contributed by atoms with Crippen molar-refractivity contribution in [2.45, 2.75) is 20.4 Å². The maximum Gasteiger partial charge on any atom is 0.345 e. The van der Waals surface area contributed by atoms with Crippen molar-refractivity contribution in [3.05, 3.63) is 88.2 Å². The second-order valence-electron chi connectivity index (χ2n) is 6.74.